The van der Waals surface area contributed by atoms with Crippen molar-refractivity contribution >= 4 is 11.7 Å². The van der Waals surface area contributed by atoms with Gasteiger partial charge in [0.1, 0.15) is 0 Å². The van der Waals surface area contributed by atoms with Gasteiger partial charge in [-0.15, -0.1) is 0 Å². The third-order valence-corrected chi connectivity index (χ3v) is 3.61. The molecule has 116 valence electrons. The molecule has 2 aromatic carbocycles. The first kappa shape index (κ1) is 15.9. The molecule has 2 N–H and O–H groups in total. The van der Waals surface area contributed by atoms with Crippen LogP contribution in [0.25, 0.3) is 0 Å². The van der Waals surface area contributed by atoms with Gasteiger partial charge in [0.2, 0.25) is 0 Å². The van der Waals surface area contributed by atoms with Crippen molar-refractivity contribution in [3.63, 3.8) is 0 Å². The molecule has 0 aliphatic heterocycles. The standard InChI is InChI=1S/C18H23N3O/c1-14-6-4-5-7-16(14)13-20-18(22)19-12-15-8-10-17(11-9-15)21(2)3/h4-11H,12-13H2,1-3H3,(H2,19,20,22). The van der Waals surface area contributed by atoms with Crippen molar-refractivity contribution in [2.24, 2.45) is 0 Å². The summed E-state index contributed by atoms with van der Waals surface area (Å²) in [7, 11) is 4.01. The maximum atomic E-state index is 11.8. The molecule has 0 radical (unpaired) electrons. The first-order chi connectivity index (χ1) is 10.6. The molecule has 0 spiro atoms. The third-order valence-electron chi connectivity index (χ3n) is 3.61. The number of amides is 2. The van der Waals surface area contributed by atoms with Crippen molar-refractivity contribution in [1.82, 2.24) is 10.6 Å². The van der Waals surface area contributed by atoms with Crippen LogP contribution >= 0.6 is 0 Å². The lowest BCUT2D eigenvalue weighted by atomic mass is 10.1. The lowest BCUT2D eigenvalue weighted by molar-refractivity contribution is 0.240. The van der Waals surface area contributed by atoms with Crippen molar-refractivity contribution in [2.45, 2.75) is 20.0 Å². The van der Waals surface area contributed by atoms with Crippen LogP contribution in [-0.4, -0.2) is 20.1 Å². The van der Waals surface area contributed by atoms with Crippen LogP contribution in [0.2, 0.25) is 0 Å². The van der Waals surface area contributed by atoms with Gasteiger partial charge in [0.25, 0.3) is 0 Å². The Morgan fingerprint density at radius 1 is 0.955 bits per heavy atom. The summed E-state index contributed by atoms with van der Waals surface area (Å²) in [6, 6.07) is 16.0. The largest absolute Gasteiger partial charge is 0.378 e. The van der Waals surface area contributed by atoms with Crippen LogP contribution in [0.5, 0.6) is 0 Å². The molecule has 2 aromatic rings. The molecule has 0 saturated heterocycles. The number of carbonyl (C=O) groups is 1. The molecule has 0 aliphatic rings. The zero-order valence-electron chi connectivity index (χ0n) is 13.4. The minimum Gasteiger partial charge on any atom is -0.378 e. The normalized spacial score (nSPS) is 10.1. The average Bonchev–Trinajstić information content (AvgIpc) is 2.52. The zero-order valence-corrected chi connectivity index (χ0v) is 13.4. The highest BCUT2D eigenvalue weighted by Crippen LogP contribution is 2.12. The van der Waals surface area contributed by atoms with Crippen LogP contribution < -0.4 is 15.5 Å². The van der Waals surface area contributed by atoms with E-state index in [9.17, 15) is 4.79 Å². The van der Waals surface area contributed by atoms with E-state index in [1.54, 1.807) is 0 Å². The topological polar surface area (TPSA) is 44.4 Å². The SMILES string of the molecule is Cc1ccccc1CNC(=O)NCc1ccc(N(C)C)cc1. The molecule has 0 unspecified atom stereocenters. The summed E-state index contributed by atoms with van der Waals surface area (Å²) in [6.07, 6.45) is 0. The van der Waals surface area contributed by atoms with Crippen LogP contribution in [0.1, 0.15) is 16.7 Å². The molecule has 4 heteroatoms. The Morgan fingerprint density at radius 3 is 2.23 bits per heavy atom. The lowest BCUT2D eigenvalue weighted by Gasteiger charge is -2.13. The van der Waals surface area contributed by atoms with E-state index < -0.39 is 0 Å². The van der Waals surface area contributed by atoms with E-state index in [0.29, 0.717) is 13.1 Å². The Labute approximate surface area is 132 Å². The van der Waals surface area contributed by atoms with Gasteiger partial charge >= 0.3 is 6.03 Å². The van der Waals surface area contributed by atoms with Crippen LogP contribution in [0, 0.1) is 6.92 Å². The second kappa shape index (κ2) is 7.50. The van der Waals surface area contributed by atoms with Gasteiger partial charge in [0.15, 0.2) is 0 Å². The number of hydrogen-bond acceptors (Lipinski definition) is 2. The Bertz CT molecular complexity index is 620. The number of nitrogens with zero attached hydrogens (tertiary/aromatic N) is 1. The summed E-state index contributed by atoms with van der Waals surface area (Å²) < 4.78 is 0. The second-order valence-electron chi connectivity index (χ2n) is 5.52. The first-order valence-corrected chi connectivity index (χ1v) is 7.39. The molecule has 0 fully saturated rings. The van der Waals surface area contributed by atoms with Crippen LogP contribution in [0.3, 0.4) is 0 Å². The third kappa shape index (κ3) is 4.52. The fraction of sp³-hybridized carbons (Fsp3) is 0.278. The minimum absolute atomic E-state index is 0.153. The molecule has 22 heavy (non-hydrogen) atoms. The highest BCUT2D eigenvalue weighted by molar-refractivity contribution is 5.73. The van der Waals surface area contributed by atoms with E-state index in [1.165, 1.54) is 5.56 Å². The summed E-state index contributed by atoms with van der Waals surface area (Å²) in [5.74, 6) is 0. The molecule has 4 nitrogen and oxygen atoms in total. The Morgan fingerprint density at radius 2 is 1.59 bits per heavy atom. The van der Waals surface area contributed by atoms with Crippen LogP contribution in [0.15, 0.2) is 48.5 Å². The average molecular weight is 297 g/mol. The Kier molecular flexibility index (Phi) is 5.42. The fourth-order valence-corrected chi connectivity index (χ4v) is 2.14. The molecule has 0 heterocycles. The number of rotatable bonds is 5. The van der Waals surface area contributed by atoms with E-state index >= 15 is 0 Å². The Hall–Kier alpha value is -2.49. The number of hydrogen-bond donors (Lipinski definition) is 2. The van der Waals surface area contributed by atoms with E-state index in [-0.39, 0.29) is 6.03 Å². The molecule has 0 saturated carbocycles. The highest BCUT2D eigenvalue weighted by atomic mass is 16.2. The zero-order chi connectivity index (χ0) is 15.9. The van der Waals surface area contributed by atoms with Crippen molar-refractivity contribution in [1.29, 1.82) is 0 Å². The minimum atomic E-state index is -0.153. The number of benzene rings is 2. The van der Waals surface area contributed by atoms with Gasteiger partial charge in [-0.3, -0.25) is 0 Å². The first-order valence-electron chi connectivity index (χ1n) is 7.39. The van der Waals surface area contributed by atoms with Crippen molar-refractivity contribution in [2.75, 3.05) is 19.0 Å². The van der Waals surface area contributed by atoms with E-state index in [0.717, 1.165) is 16.8 Å². The number of carbonyl (C=O) groups excluding carboxylic acids is 1. The molecular formula is C18H23N3O. The van der Waals surface area contributed by atoms with Gasteiger partial charge < -0.3 is 15.5 Å². The van der Waals surface area contributed by atoms with Gasteiger partial charge in [-0.2, -0.15) is 0 Å². The van der Waals surface area contributed by atoms with Gasteiger partial charge in [-0.1, -0.05) is 36.4 Å². The maximum Gasteiger partial charge on any atom is 0.315 e. The maximum absolute atomic E-state index is 11.8. The van der Waals surface area contributed by atoms with Crippen molar-refractivity contribution in [3.8, 4) is 0 Å². The summed E-state index contributed by atoms with van der Waals surface area (Å²) >= 11 is 0. The summed E-state index contributed by atoms with van der Waals surface area (Å²) in [5, 5.41) is 5.76. The fourth-order valence-electron chi connectivity index (χ4n) is 2.14. The van der Waals surface area contributed by atoms with Crippen LogP contribution in [-0.2, 0) is 13.1 Å². The van der Waals surface area contributed by atoms with Gasteiger partial charge in [0, 0.05) is 32.9 Å². The molecule has 2 amide bonds. The monoisotopic (exact) mass is 297 g/mol. The number of anilines is 1. The summed E-state index contributed by atoms with van der Waals surface area (Å²) in [5.41, 5.74) is 4.54. The predicted octanol–water partition coefficient (Wildman–Crippen LogP) is 3.06. The van der Waals surface area contributed by atoms with E-state index in [4.69, 9.17) is 0 Å². The molecule has 0 atom stereocenters. The van der Waals surface area contributed by atoms with Crippen molar-refractivity contribution < 1.29 is 4.79 Å². The molecule has 0 aromatic heterocycles. The second-order valence-corrected chi connectivity index (χ2v) is 5.52. The quantitative estimate of drug-likeness (QED) is 0.891. The van der Waals surface area contributed by atoms with Gasteiger partial charge in [-0.05, 0) is 35.7 Å². The number of urea groups is 1. The molecule has 0 aliphatic carbocycles. The summed E-state index contributed by atoms with van der Waals surface area (Å²) in [6.45, 7) is 3.10. The molecule has 0 bridgehead atoms. The predicted molar refractivity (Wildman–Crippen MR) is 91.0 cm³/mol. The number of aryl methyl sites for hydroxylation is 1. The van der Waals surface area contributed by atoms with Crippen molar-refractivity contribution in [3.05, 3.63) is 65.2 Å². The van der Waals surface area contributed by atoms with Gasteiger partial charge in [-0.25, -0.2) is 4.79 Å². The molecule has 2 rings (SSSR count). The lowest BCUT2D eigenvalue weighted by Crippen LogP contribution is -2.34. The van der Waals surface area contributed by atoms with Crippen LogP contribution in [0.4, 0.5) is 10.5 Å². The number of nitrogens with one attached hydrogen (secondary N) is 2. The van der Waals surface area contributed by atoms with E-state index in [2.05, 4.69) is 10.6 Å². The van der Waals surface area contributed by atoms with E-state index in [1.807, 2.05) is 74.4 Å². The highest BCUT2D eigenvalue weighted by Gasteiger charge is 2.03. The van der Waals surface area contributed by atoms with Gasteiger partial charge in [0.05, 0.1) is 0 Å². The Balaban J connectivity index is 1.79. The smallest absolute Gasteiger partial charge is 0.315 e. The summed E-state index contributed by atoms with van der Waals surface area (Å²) in [4.78, 5) is 13.9. The molecular weight excluding hydrogens is 274 g/mol.